The van der Waals surface area contributed by atoms with Crippen LogP contribution in [0.15, 0.2) is 18.2 Å². The summed E-state index contributed by atoms with van der Waals surface area (Å²) in [6.45, 7) is 7.27. The number of piperidine rings is 1. The van der Waals surface area contributed by atoms with Crippen molar-refractivity contribution in [2.45, 2.75) is 38.1 Å². The lowest BCUT2D eigenvalue weighted by molar-refractivity contribution is -0.0449. The fourth-order valence-corrected chi connectivity index (χ4v) is 4.36. The molecule has 0 radical (unpaired) electrons. The molecule has 6 nitrogen and oxygen atoms in total. The molecule has 7 heteroatoms. The Morgan fingerprint density at radius 2 is 2.00 bits per heavy atom. The van der Waals surface area contributed by atoms with Crippen molar-refractivity contribution in [3.63, 3.8) is 0 Å². The number of likely N-dealkylation sites (tertiary alicyclic amines) is 1. The van der Waals surface area contributed by atoms with Crippen molar-refractivity contribution in [1.29, 1.82) is 5.26 Å². The van der Waals surface area contributed by atoms with E-state index in [1.165, 1.54) is 0 Å². The average Bonchev–Trinajstić information content (AvgIpc) is 2.71. The van der Waals surface area contributed by atoms with Gasteiger partial charge in [-0.15, -0.1) is 0 Å². The van der Waals surface area contributed by atoms with Gasteiger partial charge in [-0.1, -0.05) is 24.6 Å². The minimum absolute atomic E-state index is 0.114. The highest BCUT2D eigenvalue weighted by Gasteiger charge is 2.39. The van der Waals surface area contributed by atoms with E-state index in [0.29, 0.717) is 17.1 Å². The maximum atomic E-state index is 12.7. The zero-order valence-corrected chi connectivity index (χ0v) is 16.6. The number of amides is 2. The van der Waals surface area contributed by atoms with Gasteiger partial charge in [0.2, 0.25) is 0 Å². The molecular formula is C20H27ClN4O2. The van der Waals surface area contributed by atoms with E-state index in [2.05, 4.69) is 23.2 Å². The summed E-state index contributed by atoms with van der Waals surface area (Å²) in [5, 5.41) is 12.1. The zero-order chi connectivity index (χ0) is 19.3. The summed E-state index contributed by atoms with van der Waals surface area (Å²) in [7, 11) is 0. The second-order valence-corrected chi connectivity index (χ2v) is 7.65. The van der Waals surface area contributed by atoms with Crippen molar-refractivity contribution in [3.05, 3.63) is 28.8 Å². The molecule has 2 saturated heterocycles. The molecule has 0 spiro atoms. The summed E-state index contributed by atoms with van der Waals surface area (Å²) in [5.41, 5.74) is 1.61. The molecule has 2 aliphatic rings. The number of hydrogen-bond acceptors (Lipinski definition) is 4. The summed E-state index contributed by atoms with van der Waals surface area (Å²) in [6, 6.07) is 7.30. The topological polar surface area (TPSA) is 68.6 Å². The van der Waals surface area contributed by atoms with Crippen molar-refractivity contribution in [2.24, 2.45) is 0 Å². The van der Waals surface area contributed by atoms with E-state index in [-0.39, 0.29) is 11.6 Å². The molecule has 2 heterocycles. The van der Waals surface area contributed by atoms with E-state index < -0.39 is 0 Å². The number of urea groups is 1. The predicted molar refractivity (Wildman–Crippen MR) is 106 cm³/mol. The van der Waals surface area contributed by atoms with Gasteiger partial charge < -0.3 is 15.0 Å². The van der Waals surface area contributed by atoms with Crippen molar-refractivity contribution < 1.29 is 9.53 Å². The molecule has 2 fully saturated rings. The monoisotopic (exact) mass is 390 g/mol. The standard InChI is InChI=1S/C20H27ClN4O2/c1-2-20(25-11-13-27-14-12-25)6-9-24(10-7-20)19(26)23-18-4-3-16(5-8-22)15-17(18)21/h3-4,15H,2,5-7,9-14H2,1H3,(H,23,26). The largest absolute Gasteiger partial charge is 0.379 e. The minimum Gasteiger partial charge on any atom is -0.379 e. The Hall–Kier alpha value is -1.81. The fourth-order valence-electron chi connectivity index (χ4n) is 4.11. The molecule has 2 amide bonds. The lowest BCUT2D eigenvalue weighted by Gasteiger charge is -2.49. The summed E-state index contributed by atoms with van der Waals surface area (Å²) in [4.78, 5) is 17.1. The number of nitriles is 1. The highest BCUT2D eigenvalue weighted by Crippen LogP contribution is 2.33. The van der Waals surface area contributed by atoms with Gasteiger partial charge in [0.25, 0.3) is 0 Å². The van der Waals surface area contributed by atoms with Crippen molar-refractivity contribution in [3.8, 4) is 6.07 Å². The lowest BCUT2D eigenvalue weighted by Crippen LogP contribution is -2.59. The van der Waals surface area contributed by atoms with E-state index in [9.17, 15) is 4.79 Å². The normalized spacial score (nSPS) is 20.1. The molecule has 2 aliphatic heterocycles. The van der Waals surface area contributed by atoms with E-state index in [0.717, 1.165) is 64.2 Å². The molecular weight excluding hydrogens is 364 g/mol. The van der Waals surface area contributed by atoms with E-state index in [1.54, 1.807) is 12.1 Å². The van der Waals surface area contributed by atoms with Gasteiger partial charge in [0, 0.05) is 31.7 Å². The number of hydrogen-bond donors (Lipinski definition) is 1. The third kappa shape index (κ3) is 4.55. The number of nitrogens with one attached hydrogen (secondary N) is 1. The van der Waals surface area contributed by atoms with Gasteiger partial charge in [-0.05, 0) is 37.0 Å². The smallest absolute Gasteiger partial charge is 0.321 e. The van der Waals surface area contributed by atoms with Crippen molar-refractivity contribution in [1.82, 2.24) is 9.80 Å². The van der Waals surface area contributed by atoms with Crippen LogP contribution in [0.25, 0.3) is 0 Å². The number of carbonyl (C=O) groups excluding carboxylic acids is 1. The minimum atomic E-state index is -0.114. The molecule has 3 rings (SSSR count). The molecule has 1 N–H and O–H groups in total. The van der Waals surface area contributed by atoms with Crippen LogP contribution in [-0.2, 0) is 11.2 Å². The molecule has 1 aromatic carbocycles. The summed E-state index contributed by atoms with van der Waals surface area (Å²) >= 11 is 6.26. The van der Waals surface area contributed by atoms with Crippen LogP contribution in [0.5, 0.6) is 0 Å². The lowest BCUT2D eigenvalue weighted by atomic mass is 9.83. The Morgan fingerprint density at radius 3 is 2.59 bits per heavy atom. The van der Waals surface area contributed by atoms with Crippen LogP contribution < -0.4 is 5.32 Å². The Balaban J connectivity index is 1.59. The number of anilines is 1. The van der Waals surface area contributed by atoms with Crippen molar-refractivity contribution >= 4 is 23.3 Å². The van der Waals surface area contributed by atoms with Gasteiger partial charge in [0.05, 0.1) is 36.4 Å². The third-order valence-corrected chi connectivity index (χ3v) is 6.19. The van der Waals surface area contributed by atoms with Crippen LogP contribution in [0.4, 0.5) is 10.5 Å². The summed E-state index contributed by atoms with van der Waals surface area (Å²) < 4.78 is 5.49. The molecule has 146 valence electrons. The molecule has 27 heavy (non-hydrogen) atoms. The van der Waals surface area contributed by atoms with Crippen LogP contribution >= 0.6 is 11.6 Å². The first-order chi connectivity index (χ1) is 13.1. The van der Waals surface area contributed by atoms with Crippen LogP contribution in [0, 0.1) is 11.3 Å². The molecule has 0 aliphatic carbocycles. The van der Waals surface area contributed by atoms with Gasteiger partial charge in [0.15, 0.2) is 0 Å². The zero-order valence-electron chi connectivity index (χ0n) is 15.8. The Kier molecular flexibility index (Phi) is 6.59. The predicted octanol–water partition coefficient (Wildman–Crippen LogP) is 3.51. The van der Waals surface area contributed by atoms with Crippen LogP contribution in [-0.4, -0.2) is 60.8 Å². The Labute approximate surface area is 166 Å². The van der Waals surface area contributed by atoms with Crippen molar-refractivity contribution in [2.75, 3.05) is 44.7 Å². The SMILES string of the molecule is CCC1(N2CCOCC2)CCN(C(=O)Nc2ccc(CC#N)cc2Cl)CC1. The van der Waals surface area contributed by atoms with Gasteiger partial charge in [-0.3, -0.25) is 4.90 Å². The number of benzene rings is 1. The van der Waals surface area contributed by atoms with E-state index in [4.69, 9.17) is 21.6 Å². The first kappa shape index (κ1) is 19.9. The number of carbonyl (C=O) groups is 1. The first-order valence-corrected chi connectivity index (χ1v) is 10.00. The molecule has 0 bridgehead atoms. The molecule has 0 unspecified atom stereocenters. The third-order valence-electron chi connectivity index (χ3n) is 5.88. The van der Waals surface area contributed by atoms with Gasteiger partial charge in [-0.2, -0.15) is 5.26 Å². The first-order valence-electron chi connectivity index (χ1n) is 9.62. The average molecular weight is 391 g/mol. The quantitative estimate of drug-likeness (QED) is 0.854. The van der Waals surface area contributed by atoms with Gasteiger partial charge >= 0.3 is 6.03 Å². The second-order valence-electron chi connectivity index (χ2n) is 7.24. The highest BCUT2D eigenvalue weighted by atomic mass is 35.5. The van der Waals surface area contributed by atoms with Crippen LogP contribution in [0.1, 0.15) is 31.7 Å². The van der Waals surface area contributed by atoms with E-state index in [1.807, 2.05) is 11.0 Å². The highest BCUT2D eigenvalue weighted by molar-refractivity contribution is 6.33. The van der Waals surface area contributed by atoms with Gasteiger partial charge in [0.1, 0.15) is 0 Å². The fraction of sp³-hybridized carbons (Fsp3) is 0.600. The van der Waals surface area contributed by atoms with Crippen LogP contribution in [0.2, 0.25) is 5.02 Å². The number of halogens is 1. The molecule has 0 atom stereocenters. The van der Waals surface area contributed by atoms with E-state index >= 15 is 0 Å². The van der Waals surface area contributed by atoms with Crippen LogP contribution in [0.3, 0.4) is 0 Å². The number of ether oxygens (including phenoxy) is 1. The molecule has 0 saturated carbocycles. The number of morpholine rings is 1. The Morgan fingerprint density at radius 1 is 1.30 bits per heavy atom. The summed E-state index contributed by atoms with van der Waals surface area (Å²) in [6.07, 6.45) is 3.35. The number of rotatable bonds is 4. The number of nitrogens with zero attached hydrogens (tertiary/aromatic N) is 3. The van der Waals surface area contributed by atoms with Gasteiger partial charge in [-0.25, -0.2) is 4.79 Å². The summed E-state index contributed by atoms with van der Waals surface area (Å²) in [5.74, 6) is 0. The maximum absolute atomic E-state index is 12.7. The maximum Gasteiger partial charge on any atom is 0.321 e. The molecule has 0 aromatic heterocycles. The second kappa shape index (κ2) is 8.92. The Bertz CT molecular complexity index is 704. The molecule has 1 aromatic rings.